The van der Waals surface area contributed by atoms with Gasteiger partial charge in [-0.2, -0.15) is 9.61 Å². The lowest BCUT2D eigenvalue weighted by Crippen LogP contribution is -2.44. The molecule has 2 aliphatic heterocycles. The van der Waals surface area contributed by atoms with E-state index in [-0.39, 0.29) is 6.04 Å². The Morgan fingerprint density at radius 2 is 1.97 bits per heavy atom. The maximum Gasteiger partial charge on any atom is 0.229 e. The molecule has 2 aromatic carbocycles. The fourth-order valence-corrected chi connectivity index (χ4v) is 5.55. The number of nitrogens with one attached hydrogen (secondary N) is 2. The van der Waals surface area contributed by atoms with Crippen molar-refractivity contribution in [1.29, 1.82) is 0 Å². The van der Waals surface area contributed by atoms with Crippen LogP contribution >= 0.6 is 0 Å². The van der Waals surface area contributed by atoms with E-state index >= 15 is 0 Å². The molecule has 0 saturated carbocycles. The minimum absolute atomic E-state index is 0.0963. The number of benzene rings is 2. The highest BCUT2D eigenvalue weighted by atomic mass is 15.4. The SMILES string of the molecule is CC(Nc1cc(-c2cc3ncnn3c(N3CC4CC3CN4)n2)ccn1)c1cccc2ccccc12. The van der Waals surface area contributed by atoms with E-state index in [9.17, 15) is 0 Å². The Labute approximate surface area is 203 Å². The van der Waals surface area contributed by atoms with Gasteiger partial charge in [0.15, 0.2) is 5.65 Å². The first-order valence-electron chi connectivity index (χ1n) is 12.1. The first-order chi connectivity index (χ1) is 17.2. The first-order valence-corrected chi connectivity index (χ1v) is 12.1. The summed E-state index contributed by atoms with van der Waals surface area (Å²) >= 11 is 0. The summed E-state index contributed by atoms with van der Waals surface area (Å²) in [5, 5.41) is 14.1. The number of nitrogens with zero attached hydrogens (tertiary/aromatic N) is 6. The van der Waals surface area contributed by atoms with Crippen LogP contribution in [-0.4, -0.2) is 49.7 Å². The van der Waals surface area contributed by atoms with Gasteiger partial charge in [0.25, 0.3) is 0 Å². The molecule has 7 rings (SSSR count). The molecule has 0 radical (unpaired) electrons. The number of hydrogen-bond acceptors (Lipinski definition) is 7. The highest BCUT2D eigenvalue weighted by Gasteiger charge is 2.39. The monoisotopic (exact) mass is 462 g/mol. The van der Waals surface area contributed by atoms with Gasteiger partial charge in [0, 0.05) is 43.0 Å². The normalized spacial score (nSPS) is 20.1. The Hall–Kier alpha value is -4.04. The predicted octanol–water partition coefficient (Wildman–Crippen LogP) is 4.06. The number of aromatic nitrogens is 5. The maximum atomic E-state index is 5.07. The molecule has 3 aromatic heterocycles. The molecule has 0 amide bonds. The Kier molecular flexibility index (Phi) is 4.66. The predicted molar refractivity (Wildman–Crippen MR) is 138 cm³/mol. The zero-order valence-corrected chi connectivity index (χ0v) is 19.5. The summed E-state index contributed by atoms with van der Waals surface area (Å²) in [6.45, 7) is 4.11. The van der Waals surface area contributed by atoms with Gasteiger partial charge in [-0.25, -0.2) is 15.0 Å². The van der Waals surface area contributed by atoms with Crippen molar-refractivity contribution in [1.82, 2.24) is 29.9 Å². The van der Waals surface area contributed by atoms with Crippen molar-refractivity contribution in [3.63, 3.8) is 0 Å². The van der Waals surface area contributed by atoms with Crippen molar-refractivity contribution in [2.75, 3.05) is 23.3 Å². The summed E-state index contributed by atoms with van der Waals surface area (Å²) in [6.07, 6.45) is 4.59. The zero-order chi connectivity index (χ0) is 23.4. The van der Waals surface area contributed by atoms with Crippen molar-refractivity contribution in [2.45, 2.75) is 31.5 Å². The van der Waals surface area contributed by atoms with E-state index in [0.29, 0.717) is 12.1 Å². The summed E-state index contributed by atoms with van der Waals surface area (Å²) in [7, 11) is 0. The largest absolute Gasteiger partial charge is 0.364 e. The van der Waals surface area contributed by atoms with E-state index in [4.69, 9.17) is 4.98 Å². The molecule has 2 saturated heterocycles. The van der Waals surface area contributed by atoms with Crippen molar-refractivity contribution in [2.24, 2.45) is 0 Å². The van der Waals surface area contributed by atoms with Crippen LogP contribution < -0.4 is 15.5 Å². The number of fused-ring (bicyclic) bond motifs is 4. The Bertz CT molecular complexity index is 1540. The Balaban J connectivity index is 1.23. The maximum absolute atomic E-state index is 5.07. The molecule has 8 nitrogen and oxygen atoms in total. The van der Waals surface area contributed by atoms with E-state index in [1.165, 1.54) is 16.3 Å². The summed E-state index contributed by atoms with van der Waals surface area (Å²) in [6, 6.07) is 22.1. The second kappa shape index (κ2) is 8.02. The molecular formula is C27H26N8. The van der Waals surface area contributed by atoms with Crippen molar-refractivity contribution < 1.29 is 0 Å². The minimum Gasteiger partial charge on any atom is -0.364 e. The molecule has 8 heteroatoms. The average Bonchev–Trinajstić information content (AvgIpc) is 3.65. The van der Waals surface area contributed by atoms with Crippen LogP contribution in [0.15, 0.2) is 73.2 Å². The number of hydrogen-bond donors (Lipinski definition) is 2. The molecule has 0 spiro atoms. The second-order valence-electron chi connectivity index (χ2n) is 9.48. The minimum atomic E-state index is 0.0963. The molecule has 0 aliphatic carbocycles. The standard InChI is InChI=1S/C27H26N8/c1-17(22-8-4-6-18-5-2-3-7-23(18)22)32-25-11-19(9-10-28-25)24-13-26-30-16-31-35(26)27(33-24)34-15-20-12-21(34)14-29-20/h2-11,13,16-17,20-21,29H,12,14-15H2,1H3,(H,28,32). The van der Waals surface area contributed by atoms with E-state index in [0.717, 1.165) is 48.2 Å². The summed E-state index contributed by atoms with van der Waals surface area (Å²) < 4.78 is 1.85. The van der Waals surface area contributed by atoms with E-state index in [2.05, 4.69) is 86.1 Å². The van der Waals surface area contributed by atoms with Crippen LogP contribution in [0.5, 0.6) is 0 Å². The van der Waals surface area contributed by atoms with Crippen molar-refractivity contribution in [3.05, 3.63) is 78.8 Å². The molecule has 174 valence electrons. The molecule has 5 heterocycles. The van der Waals surface area contributed by atoms with Crippen LogP contribution in [-0.2, 0) is 0 Å². The van der Waals surface area contributed by atoms with Gasteiger partial charge in [-0.15, -0.1) is 0 Å². The van der Waals surface area contributed by atoms with Crippen LogP contribution in [0.4, 0.5) is 11.8 Å². The molecule has 3 atom stereocenters. The highest BCUT2D eigenvalue weighted by Crippen LogP contribution is 2.31. The van der Waals surface area contributed by atoms with Crippen LogP contribution in [0.2, 0.25) is 0 Å². The highest BCUT2D eigenvalue weighted by molar-refractivity contribution is 5.86. The zero-order valence-electron chi connectivity index (χ0n) is 19.5. The fourth-order valence-electron chi connectivity index (χ4n) is 5.55. The number of rotatable bonds is 5. The molecule has 2 N–H and O–H groups in total. The van der Waals surface area contributed by atoms with E-state index in [1.54, 1.807) is 6.33 Å². The molecule has 5 aromatic rings. The molecule has 2 bridgehead atoms. The number of piperazine rings is 1. The lowest BCUT2D eigenvalue weighted by Gasteiger charge is -2.28. The number of pyridine rings is 1. The van der Waals surface area contributed by atoms with Gasteiger partial charge in [-0.1, -0.05) is 42.5 Å². The lowest BCUT2D eigenvalue weighted by molar-refractivity contribution is 0.567. The van der Waals surface area contributed by atoms with Gasteiger partial charge < -0.3 is 15.5 Å². The van der Waals surface area contributed by atoms with Crippen LogP contribution in [0.1, 0.15) is 24.9 Å². The van der Waals surface area contributed by atoms with Gasteiger partial charge in [-0.3, -0.25) is 0 Å². The van der Waals surface area contributed by atoms with Crippen LogP contribution in [0.25, 0.3) is 27.7 Å². The van der Waals surface area contributed by atoms with Gasteiger partial charge in [-0.05, 0) is 41.8 Å². The molecule has 2 aliphatic rings. The Morgan fingerprint density at radius 1 is 1.06 bits per heavy atom. The first kappa shape index (κ1) is 20.3. The Morgan fingerprint density at radius 3 is 2.86 bits per heavy atom. The lowest BCUT2D eigenvalue weighted by atomic mass is 9.99. The molecule has 3 unspecified atom stereocenters. The van der Waals surface area contributed by atoms with Gasteiger partial charge in [0.05, 0.1) is 11.7 Å². The summed E-state index contributed by atoms with van der Waals surface area (Å²) in [5.74, 6) is 1.68. The van der Waals surface area contributed by atoms with E-state index < -0.39 is 0 Å². The number of anilines is 2. The molecule has 35 heavy (non-hydrogen) atoms. The van der Waals surface area contributed by atoms with Gasteiger partial charge >= 0.3 is 0 Å². The topological polar surface area (TPSA) is 83.3 Å². The van der Waals surface area contributed by atoms with Crippen LogP contribution in [0, 0.1) is 0 Å². The van der Waals surface area contributed by atoms with Gasteiger partial charge in [0.2, 0.25) is 5.95 Å². The van der Waals surface area contributed by atoms with Crippen LogP contribution in [0.3, 0.4) is 0 Å². The van der Waals surface area contributed by atoms with Crippen molar-refractivity contribution in [3.8, 4) is 11.3 Å². The average molecular weight is 463 g/mol. The van der Waals surface area contributed by atoms with E-state index in [1.807, 2.05) is 22.8 Å². The quantitative estimate of drug-likeness (QED) is 0.407. The second-order valence-corrected chi connectivity index (χ2v) is 9.48. The smallest absolute Gasteiger partial charge is 0.229 e. The molecular weight excluding hydrogens is 436 g/mol. The fraction of sp³-hybridized carbons (Fsp3) is 0.259. The van der Waals surface area contributed by atoms with Crippen molar-refractivity contribution >= 4 is 28.2 Å². The third-order valence-corrected chi connectivity index (χ3v) is 7.27. The molecule has 2 fully saturated rings. The van der Waals surface area contributed by atoms with Gasteiger partial charge in [0.1, 0.15) is 12.1 Å². The third-order valence-electron chi connectivity index (χ3n) is 7.27. The summed E-state index contributed by atoms with van der Waals surface area (Å²) in [5.41, 5.74) is 3.93. The third kappa shape index (κ3) is 3.49. The summed E-state index contributed by atoms with van der Waals surface area (Å²) in [4.78, 5) is 16.5.